The van der Waals surface area contributed by atoms with Crippen LogP contribution in [-0.4, -0.2) is 22.5 Å². The first-order valence-electron chi connectivity index (χ1n) is 5.42. The highest BCUT2D eigenvalue weighted by Crippen LogP contribution is 2.27. The Balaban J connectivity index is 1.88. The number of pyridine rings is 1. The van der Waals surface area contributed by atoms with Gasteiger partial charge in [0, 0.05) is 18.0 Å². The van der Waals surface area contributed by atoms with E-state index in [4.69, 9.17) is 23.2 Å². The van der Waals surface area contributed by atoms with Crippen LogP contribution in [0, 0.1) is 0 Å². The summed E-state index contributed by atoms with van der Waals surface area (Å²) in [6.45, 7) is 0.930. The Morgan fingerprint density at radius 2 is 2.31 bits per heavy atom. The summed E-state index contributed by atoms with van der Waals surface area (Å²) in [4.78, 5) is 4.18. The summed E-state index contributed by atoms with van der Waals surface area (Å²) in [6.07, 6.45) is 5.58. The zero-order valence-electron chi connectivity index (χ0n) is 8.88. The third kappa shape index (κ3) is 3.44. The molecule has 0 aliphatic carbocycles. The summed E-state index contributed by atoms with van der Waals surface area (Å²) in [6, 6.07) is 1.71. The quantitative estimate of drug-likeness (QED) is 0.900. The Hall–Kier alpha value is -0.120. The Labute approximate surface area is 110 Å². The van der Waals surface area contributed by atoms with Crippen LogP contribution in [0.4, 0.5) is 5.82 Å². The average Bonchev–Trinajstić information content (AvgIpc) is 2.29. The van der Waals surface area contributed by atoms with E-state index in [1.807, 2.05) is 11.8 Å². The van der Waals surface area contributed by atoms with Crippen molar-refractivity contribution in [1.82, 2.24) is 4.98 Å². The minimum absolute atomic E-state index is 0.572. The van der Waals surface area contributed by atoms with Crippen LogP contribution < -0.4 is 5.32 Å². The Kier molecular flexibility index (Phi) is 4.62. The van der Waals surface area contributed by atoms with Crippen LogP contribution in [0.25, 0.3) is 0 Å². The minimum Gasteiger partial charge on any atom is -0.368 e. The number of hydrogen-bond donors (Lipinski definition) is 1. The fourth-order valence-electron chi connectivity index (χ4n) is 1.72. The van der Waals surface area contributed by atoms with Crippen molar-refractivity contribution in [2.45, 2.75) is 24.5 Å². The normalized spacial score (nSPS) is 20.8. The molecule has 1 aromatic rings. The molecule has 1 aliphatic heterocycles. The van der Waals surface area contributed by atoms with Gasteiger partial charge in [0.1, 0.15) is 5.82 Å². The lowest BCUT2D eigenvalue weighted by molar-refractivity contribution is 0.677. The largest absolute Gasteiger partial charge is 0.368 e. The molecule has 1 aliphatic rings. The van der Waals surface area contributed by atoms with Gasteiger partial charge in [-0.15, -0.1) is 0 Å². The molecular weight excluding hydrogens is 263 g/mol. The molecular formula is C11H14Cl2N2S. The molecule has 2 heterocycles. The molecule has 0 bridgehead atoms. The van der Waals surface area contributed by atoms with E-state index in [0.717, 1.165) is 12.4 Å². The molecule has 0 amide bonds. The van der Waals surface area contributed by atoms with E-state index < -0.39 is 0 Å². The topological polar surface area (TPSA) is 24.9 Å². The smallest absolute Gasteiger partial charge is 0.144 e. The molecule has 1 atom stereocenters. The van der Waals surface area contributed by atoms with Gasteiger partial charge in [0.15, 0.2) is 0 Å². The minimum atomic E-state index is 0.572. The number of nitrogens with one attached hydrogen (secondary N) is 1. The number of nitrogens with zero attached hydrogens (tertiary/aromatic N) is 1. The summed E-state index contributed by atoms with van der Waals surface area (Å²) in [5, 5.41) is 5.13. The van der Waals surface area contributed by atoms with Crippen LogP contribution in [0.1, 0.15) is 19.3 Å². The number of halogens is 2. The SMILES string of the molecule is Clc1cnc(NCC2CCCCS2)c(Cl)c1. The summed E-state index contributed by atoms with van der Waals surface area (Å²) in [5.41, 5.74) is 0. The van der Waals surface area contributed by atoms with Crippen LogP contribution in [0.2, 0.25) is 10.0 Å². The van der Waals surface area contributed by atoms with Crippen LogP contribution in [0.15, 0.2) is 12.3 Å². The number of thioether (sulfide) groups is 1. The standard InChI is InChI=1S/C11H14Cl2N2S/c12-8-5-10(13)11(14-6-8)15-7-9-3-1-2-4-16-9/h5-6,9H,1-4,7H2,(H,14,15). The van der Waals surface area contributed by atoms with Crippen molar-refractivity contribution in [2.75, 3.05) is 17.6 Å². The second-order valence-corrected chi connectivity index (χ2v) is 6.11. The molecule has 0 spiro atoms. The number of anilines is 1. The highest BCUT2D eigenvalue weighted by Gasteiger charge is 2.14. The summed E-state index contributed by atoms with van der Waals surface area (Å²) >= 11 is 13.8. The van der Waals surface area contributed by atoms with Gasteiger partial charge in [-0.1, -0.05) is 29.6 Å². The Bertz CT molecular complexity index is 354. The number of rotatable bonds is 3. The van der Waals surface area contributed by atoms with Crippen molar-refractivity contribution >= 4 is 40.8 Å². The lowest BCUT2D eigenvalue weighted by Crippen LogP contribution is -2.20. The van der Waals surface area contributed by atoms with E-state index in [9.17, 15) is 0 Å². The third-order valence-electron chi connectivity index (χ3n) is 2.58. The molecule has 16 heavy (non-hydrogen) atoms. The van der Waals surface area contributed by atoms with Gasteiger partial charge >= 0.3 is 0 Å². The van der Waals surface area contributed by atoms with Crippen molar-refractivity contribution in [2.24, 2.45) is 0 Å². The van der Waals surface area contributed by atoms with Crippen LogP contribution in [-0.2, 0) is 0 Å². The predicted octanol–water partition coefficient (Wildman–Crippen LogP) is 4.09. The van der Waals surface area contributed by atoms with E-state index in [1.165, 1.54) is 25.0 Å². The van der Waals surface area contributed by atoms with E-state index in [2.05, 4.69) is 10.3 Å². The van der Waals surface area contributed by atoms with Gasteiger partial charge in [0.25, 0.3) is 0 Å². The number of hydrogen-bond acceptors (Lipinski definition) is 3. The highest BCUT2D eigenvalue weighted by molar-refractivity contribution is 7.99. The maximum atomic E-state index is 6.03. The van der Waals surface area contributed by atoms with E-state index in [0.29, 0.717) is 15.3 Å². The predicted molar refractivity (Wildman–Crippen MR) is 72.8 cm³/mol. The molecule has 1 unspecified atom stereocenters. The van der Waals surface area contributed by atoms with Crippen molar-refractivity contribution in [3.63, 3.8) is 0 Å². The summed E-state index contributed by atoms with van der Waals surface area (Å²) < 4.78 is 0. The molecule has 1 saturated heterocycles. The van der Waals surface area contributed by atoms with Crippen molar-refractivity contribution in [3.05, 3.63) is 22.3 Å². The van der Waals surface area contributed by atoms with Gasteiger partial charge in [-0.3, -0.25) is 0 Å². The van der Waals surface area contributed by atoms with E-state index in [1.54, 1.807) is 12.3 Å². The van der Waals surface area contributed by atoms with Gasteiger partial charge in [-0.05, 0) is 24.7 Å². The molecule has 0 radical (unpaired) electrons. The maximum Gasteiger partial charge on any atom is 0.144 e. The van der Waals surface area contributed by atoms with Gasteiger partial charge in [0.05, 0.1) is 10.0 Å². The molecule has 1 N–H and O–H groups in total. The fourth-order valence-corrected chi connectivity index (χ4v) is 3.41. The second-order valence-electron chi connectivity index (χ2n) is 3.85. The van der Waals surface area contributed by atoms with Crippen molar-refractivity contribution in [1.29, 1.82) is 0 Å². The van der Waals surface area contributed by atoms with E-state index >= 15 is 0 Å². The fraction of sp³-hybridized carbons (Fsp3) is 0.545. The van der Waals surface area contributed by atoms with Crippen LogP contribution in [0.3, 0.4) is 0 Å². The lowest BCUT2D eigenvalue weighted by atomic mass is 10.2. The Morgan fingerprint density at radius 3 is 3.00 bits per heavy atom. The number of aromatic nitrogens is 1. The molecule has 2 rings (SSSR count). The molecule has 2 nitrogen and oxygen atoms in total. The maximum absolute atomic E-state index is 6.03. The Morgan fingerprint density at radius 1 is 1.44 bits per heavy atom. The van der Waals surface area contributed by atoms with Gasteiger partial charge in [0.2, 0.25) is 0 Å². The van der Waals surface area contributed by atoms with Crippen molar-refractivity contribution in [3.8, 4) is 0 Å². The highest BCUT2D eigenvalue weighted by atomic mass is 35.5. The van der Waals surface area contributed by atoms with Crippen molar-refractivity contribution < 1.29 is 0 Å². The molecule has 88 valence electrons. The lowest BCUT2D eigenvalue weighted by Gasteiger charge is -2.21. The third-order valence-corrected chi connectivity index (χ3v) is 4.47. The van der Waals surface area contributed by atoms with Gasteiger partial charge in [-0.25, -0.2) is 4.98 Å². The summed E-state index contributed by atoms with van der Waals surface area (Å²) in [7, 11) is 0. The first-order chi connectivity index (χ1) is 7.75. The summed E-state index contributed by atoms with van der Waals surface area (Å²) in [5.74, 6) is 2.01. The molecule has 1 aromatic heterocycles. The molecule has 5 heteroatoms. The van der Waals surface area contributed by atoms with Gasteiger partial charge in [-0.2, -0.15) is 11.8 Å². The zero-order valence-corrected chi connectivity index (χ0v) is 11.2. The monoisotopic (exact) mass is 276 g/mol. The second kappa shape index (κ2) is 5.99. The van der Waals surface area contributed by atoms with E-state index in [-0.39, 0.29) is 0 Å². The average molecular weight is 277 g/mol. The first-order valence-corrected chi connectivity index (χ1v) is 7.22. The molecule has 0 aromatic carbocycles. The van der Waals surface area contributed by atoms with Gasteiger partial charge < -0.3 is 5.32 Å². The molecule has 0 saturated carbocycles. The van der Waals surface area contributed by atoms with Crippen LogP contribution >= 0.6 is 35.0 Å². The zero-order chi connectivity index (χ0) is 11.4. The first kappa shape index (κ1) is 12.3. The van der Waals surface area contributed by atoms with Crippen LogP contribution in [0.5, 0.6) is 0 Å². The molecule has 1 fully saturated rings.